The summed E-state index contributed by atoms with van der Waals surface area (Å²) in [5.74, 6) is -0.585. The molecule has 2 aromatic rings. The van der Waals surface area contributed by atoms with Gasteiger partial charge in [-0.15, -0.1) is 0 Å². The monoisotopic (exact) mass is 429 g/mol. The number of methoxy groups -OCH3 is 1. The standard InChI is InChI=1S/C19H19N5O7/c1-30-18-5-3-15(24(28)29)11-16(18)19(25)21-20-12-13-10-14(23(26)27)2-4-17(13)22-6-8-31-9-7-22/h2-5,10-12H,6-9H2,1H3,(H,21,25)/b20-12-. The van der Waals surface area contributed by atoms with Gasteiger partial charge in [0.25, 0.3) is 17.3 Å². The Labute approximate surface area is 176 Å². The fourth-order valence-corrected chi connectivity index (χ4v) is 3.06. The highest BCUT2D eigenvalue weighted by Crippen LogP contribution is 2.26. The molecule has 1 amide bonds. The highest BCUT2D eigenvalue weighted by atomic mass is 16.6. The Kier molecular flexibility index (Phi) is 6.72. The Morgan fingerprint density at radius 3 is 2.42 bits per heavy atom. The minimum absolute atomic E-state index is 0.0682. The van der Waals surface area contributed by atoms with Gasteiger partial charge in [0.1, 0.15) is 5.75 Å². The normalized spacial score (nSPS) is 13.8. The summed E-state index contributed by atoms with van der Waals surface area (Å²) >= 11 is 0. The number of non-ortho nitro benzene ring substituents is 2. The SMILES string of the molecule is COc1ccc([N+](=O)[O-])cc1C(=O)N/N=C\c1cc([N+](=O)[O-])ccc1N1CCOCC1. The minimum atomic E-state index is -0.727. The molecular weight excluding hydrogens is 410 g/mol. The van der Waals surface area contributed by atoms with Crippen molar-refractivity contribution >= 4 is 29.2 Å². The average Bonchev–Trinajstić information content (AvgIpc) is 2.78. The number of hydrazone groups is 1. The largest absolute Gasteiger partial charge is 0.496 e. The Morgan fingerprint density at radius 2 is 1.77 bits per heavy atom. The lowest BCUT2D eigenvalue weighted by Gasteiger charge is -2.29. The second-order valence-corrected chi connectivity index (χ2v) is 6.44. The number of amides is 1. The van der Waals surface area contributed by atoms with Crippen LogP contribution in [0.5, 0.6) is 5.75 Å². The van der Waals surface area contributed by atoms with Gasteiger partial charge in [-0.05, 0) is 12.1 Å². The van der Waals surface area contributed by atoms with Crippen molar-refractivity contribution in [3.05, 3.63) is 67.8 Å². The van der Waals surface area contributed by atoms with E-state index >= 15 is 0 Å². The molecule has 0 unspecified atom stereocenters. The number of hydrogen-bond donors (Lipinski definition) is 1. The zero-order valence-corrected chi connectivity index (χ0v) is 16.5. The molecule has 1 aliphatic heterocycles. The maximum absolute atomic E-state index is 12.5. The van der Waals surface area contributed by atoms with Gasteiger partial charge in [0, 0.05) is 48.6 Å². The van der Waals surface area contributed by atoms with Gasteiger partial charge in [-0.3, -0.25) is 25.0 Å². The molecule has 3 rings (SSSR count). The molecule has 162 valence electrons. The van der Waals surface area contributed by atoms with Gasteiger partial charge in [0.15, 0.2) is 0 Å². The molecule has 1 aliphatic rings. The number of nitro benzene ring substituents is 2. The van der Waals surface area contributed by atoms with Crippen LogP contribution in [0.3, 0.4) is 0 Å². The zero-order valence-electron chi connectivity index (χ0n) is 16.5. The van der Waals surface area contributed by atoms with Crippen molar-refractivity contribution in [1.29, 1.82) is 0 Å². The lowest BCUT2D eigenvalue weighted by Crippen LogP contribution is -2.36. The van der Waals surface area contributed by atoms with Crippen LogP contribution >= 0.6 is 0 Å². The molecule has 31 heavy (non-hydrogen) atoms. The van der Waals surface area contributed by atoms with E-state index in [1.165, 1.54) is 37.6 Å². The molecule has 12 nitrogen and oxygen atoms in total. The Morgan fingerprint density at radius 1 is 1.13 bits per heavy atom. The van der Waals surface area contributed by atoms with Gasteiger partial charge in [-0.2, -0.15) is 5.10 Å². The predicted octanol–water partition coefficient (Wildman–Crippen LogP) is 2.11. The van der Waals surface area contributed by atoms with Crippen LogP contribution in [0.4, 0.5) is 17.1 Å². The fourth-order valence-electron chi connectivity index (χ4n) is 3.06. The van der Waals surface area contributed by atoms with Gasteiger partial charge in [0.2, 0.25) is 0 Å². The Hall–Kier alpha value is -4.06. The van der Waals surface area contributed by atoms with Gasteiger partial charge >= 0.3 is 0 Å². The van der Waals surface area contributed by atoms with Gasteiger partial charge in [-0.25, -0.2) is 5.43 Å². The van der Waals surface area contributed by atoms with E-state index in [1.807, 2.05) is 4.90 Å². The number of rotatable bonds is 7. The summed E-state index contributed by atoms with van der Waals surface area (Å²) in [6, 6.07) is 7.99. The molecule has 12 heteroatoms. The van der Waals surface area contributed by atoms with Crippen molar-refractivity contribution in [1.82, 2.24) is 5.43 Å². The van der Waals surface area contributed by atoms with Crippen molar-refractivity contribution in [2.45, 2.75) is 0 Å². The van der Waals surface area contributed by atoms with Crippen LogP contribution in [0.25, 0.3) is 0 Å². The summed E-state index contributed by atoms with van der Waals surface area (Å²) in [7, 11) is 1.33. The number of anilines is 1. The molecule has 0 saturated carbocycles. The molecule has 0 bridgehead atoms. The molecule has 0 spiro atoms. The van der Waals surface area contributed by atoms with E-state index in [2.05, 4.69) is 10.5 Å². The molecule has 1 N–H and O–H groups in total. The summed E-state index contributed by atoms with van der Waals surface area (Å²) in [5, 5.41) is 26.0. The van der Waals surface area contributed by atoms with Crippen LogP contribution < -0.4 is 15.1 Å². The van der Waals surface area contributed by atoms with E-state index in [0.717, 1.165) is 6.07 Å². The molecule has 2 aromatic carbocycles. The number of hydrogen-bond acceptors (Lipinski definition) is 9. The third kappa shape index (κ3) is 5.11. The number of carbonyl (C=O) groups excluding carboxylic acids is 1. The average molecular weight is 429 g/mol. The number of benzene rings is 2. The van der Waals surface area contributed by atoms with Gasteiger partial charge in [0.05, 0.1) is 41.9 Å². The smallest absolute Gasteiger partial charge is 0.275 e. The van der Waals surface area contributed by atoms with Crippen LogP contribution in [0.1, 0.15) is 15.9 Å². The second-order valence-electron chi connectivity index (χ2n) is 6.44. The molecule has 0 atom stereocenters. The predicted molar refractivity (Wildman–Crippen MR) is 111 cm³/mol. The third-order valence-electron chi connectivity index (χ3n) is 4.58. The molecule has 0 radical (unpaired) electrons. The quantitative estimate of drug-likeness (QED) is 0.399. The fraction of sp³-hybridized carbons (Fsp3) is 0.263. The first-order valence-electron chi connectivity index (χ1n) is 9.17. The van der Waals surface area contributed by atoms with Crippen molar-refractivity contribution in [2.75, 3.05) is 38.3 Å². The maximum atomic E-state index is 12.5. The number of ether oxygens (including phenoxy) is 2. The topological polar surface area (TPSA) is 149 Å². The van der Waals surface area contributed by atoms with Crippen LogP contribution in [-0.4, -0.2) is 55.4 Å². The van der Waals surface area contributed by atoms with E-state index in [0.29, 0.717) is 37.6 Å². The molecule has 1 fully saturated rings. The first-order valence-corrected chi connectivity index (χ1v) is 9.17. The summed E-state index contributed by atoms with van der Waals surface area (Å²) in [6.45, 7) is 2.26. The van der Waals surface area contributed by atoms with E-state index in [1.54, 1.807) is 6.07 Å². The Balaban J connectivity index is 1.85. The Bertz CT molecular complexity index is 1030. The highest BCUT2D eigenvalue weighted by molar-refractivity contribution is 5.98. The molecule has 1 saturated heterocycles. The second kappa shape index (κ2) is 9.63. The van der Waals surface area contributed by atoms with Crippen LogP contribution in [0.15, 0.2) is 41.5 Å². The van der Waals surface area contributed by atoms with E-state index in [9.17, 15) is 25.0 Å². The van der Waals surface area contributed by atoms with Crippen molar-refractivity contribution in [3.63, 3.8) is 0 Å². The van der Waals surface area contributed by atoms with E-state index < -0.39 is 15.8 Å². The number of carbonyl (C=O) groups is 1. The summed E-state index contributed by atoms with van der Waals surface area (Å²) in [6.07, 6.45) is 1.29. The number of nitrogens with zero attached hydrogens (tertiary/aromatic N) is 4. The van der Waals surface area contributed by atoms with Gasteiger partial charge in [-0.1, -0.05) is 0 Å². The summed E-state index contributed by atoms with van der Waals surface area (Å²) in [4.78, 5) is 35.5. The van der Waals surface area contributed by atoms with Crippen molar-refractivity contribution < 1.29 is 24.1 Å². The number of nitro groups is 2. The first kappa shape index (κ1) is 21.6. The lowest BCUT2D eigenvalue weighted by molar-refractivity contribution is -0.385. The van der Waals surface area contributed by atoms with Gasteiger partial charge < -0.3 is 14.4 Å². The third-order valence-corrected chi connectivity index (χ3v) is 4.58. The molecule has 1 heterocycles. The number of morpholine rings is 1. The molecular formula is C19H19N5O7. The first-order chi connectivity index (χ1) is 14.9. The molecule has 0 aromatic heterocycles. The van der Waals surface area contributed by atoms with Crippen LogP contribution in [0, 0.1) is 20.2 Å². The lowest BCUT2D eigenvalue weighted by atomic mass is 10.1. The van der Waals surface area contributed by atoms with E-state index in [4.69, 9.17) is 9.47 Å². The van der Waals surface area contributed by atoms with Crippen molar-refractivity contribution in [2.24, 2.45) is 5.10 Å². The number of nitrogens with one attached hydrogen (secondary N) is 1. The highest BCUT2D eigenvalue weighted by Gasteiger charge is 2.19. The molecule has 0 aliphatic carbocycles. The van der Waals surface area contributed by atoms with Crippen molar-refractivity contribution in [3.8, 4) is 5.75 Å². The zero-order chi connectivity index (χ0) is 22.4. The maximum Gasteiger partial charge on any atom is 0.275 e. The summed E-state index contributed by atoms with van der Waals surface area (Å²) < 4.78 is 10.4. The summed E-state index contributed by atoms with van der Waals surface area (Å²) in [5.41, 5.74) is 2.96. The van der Waals surface area contributed by atoms with Crippen LogP contribution in [0.2, 0.25) is 0 Å². The minimum Gasteiger partial charge on any atom is -0.496 e. The van der Waals surface area contributed by atoms with E-state index in [-0.39, 0.29) is 22.7 Å². The van der Waals surface area contributed by atoms with Crippen LogP contribution in [-0.2, 0) is 4.74 Å².